The van der Waals surface area contributed by atoms with Crippen LogP contribution in [0.15, 0.2) is 18.2 Å². The number of piperazine rings is 1. The molecule has 0 spiro atoms. The molecule has 0 saturated carbocycles. The van der Waals surface area contributed by atoms with Crippen LogP contribution in [0.25, 0.3) is 0 Å². The van der Waals surface area contributed by atoms with Gasteiger partial charge < -0.3 is 10.1 Å². The summed E-state index contributed by atoms with van der Waals surface area (Å²) in [6, 6.07) is 6.69. The van der Waals surface area contributed by atoms with Crippen molar-refractivity contribution in [3.05, 3.63) is 29.3 Å². The van der Waals surface area contributed by atoms with Crippen LogP contribution in [0.5, 0.6) is 5.75 Å². The average molecular weight is 290 g/mol. The van der Waals surface area contributed by atoms with Crippen molar-refractivity contribution in [3.63, 3.8) is 0 Å². The molecule has 1 heterocycles. The van der Waals surface area contributed by atoms with Gasteiger partial charge in [0.25, 0.3) is 0 Å². The number of nitrogens with zero attached hydrogens (tertiary/aromatic N) is 1. The topological polar surface area (TPSA) is 24.5 Å². The first-order valence-electron chi connectivity index (χ1n) is 8.09. The smallest absolute Gasteiger partial charge is 0.124 e. The summed E-state index contributed by atoms with van der Waals surface area (Å²) in [5, 5.41) is 3.41. The zero-order valence-corrected chi connectivity index (χ0v) is 14.2. The molecule has 0 bridgehead atoms. The van der Waals surface area contributed by atoms with Crippen LogP contribution in [0, 0.1) is 0 Å². The maximum Gasteiger partial charge on any atom is 0.124 e. The van der Waals surface area contributed by atoms with Crippen LogP contribution in [-0.4, -0.2) is 37.2 Å². The van der Waals surface area contributed by atoms with Gasteiger partial charge in [0.15, 0.2) is 0 Å². The fourth-order valence-corrected chi connectivity index (χ4v) is 2.65. The van der Waals surface area contributed by atoms with E-state index >= 15 is 0 Å². The molecule has 2 rings (SSSR count). The highest BCUT2D eigenvalue weighted by Crippen LogP contribution is 2.29. The summed E-state index contributed by atoms with van der Waals surface area (Å²) in [7, 11) is 0. The minimum absolute atomic E-state index is 0.175. The minimum atomic E-state index is 0.175. The predicted molar refractivity (Wildman–Crippen MR) is 89.1 cm³/mol. The highest BCUT2D eigenvalue weighted by molar-refractivity contribution is 5.40. The molecule has 1 aliphatic rings. The predicted octanol–water partition coefficient (Wildman–Crippen LogP) is 3.18. The third-order valence-corrected chi connectivity index (χ3v) is 3.89. The molecule has 1 aliphatic heterocycles. The second-order valence-corrected chi connectivity index (χ2v) is 7.27. The first-order chi connectivity index (χ1) is 9.86. The Morgan fingerprint density at radius 3 is 2.43 bits per heavy atom. The van der Waals surface area contributed by atoms with E-state index in [1.165, 1.54) is 11.1 Å². The molecule has 1 N–H and O–H groups in total. The van der Waals surface area contributed by atoms with Crippen molar-refractivity contribution in [2.24, 2.45) is 0 Å². The molecule has 0 unspecified atom stereocenters. The van der Waals surface area contributed by atoms with Gasteiger partial charge >= 0.3 is 0 Å². The molecule has 0 aromatic heterocycles. The van der Waals surface area contributed by atoms with Gasteiger partial charge in [-0.3, -0.25) is 4.90 Å². The SMILES string of the molecule is CC(C)Oc1ccc(C(C)(C)C)cc1CN1CCNCC1. The summed E-state index contributed by atoms with van der Waals surface area (Å²) in [5.74, 6) is 1.04. The molecule has 0 aliphatic carbocycles. The zero-order valence-electron chi connectivity index (χ0n) is 14.2. The van der Waals surface area contributed by atoms with E-state index in [2.05, 4.69) is 63.0 Å². The number of rotatable bonds is 4. The van der Waals surface area contributed by atoms with Gasteiger partial charge in [-0.2, -0.15) is 0 Å². The Kier molecular flexibility index (Phi) is 5.28. The van der Waals surface area contributed by atoms with E-state index in [-0.39, 0.29) is 11.5 Å². The van der Waals surface area contributed by atoms with Gasteiger partial charge in [-0.15, -0.1) is 0 Å². The van der Waals surface area contributed by atoms with Crippen LogP contribution in [0.4, 0.5) is 0 Å². The lowest BCUT2D eigenvalue weighted by Crippen LogP contribution is -2.43. The van der Waals surface area contributed by atoms with Crippen molar-refractivity contribution in [2.45, 2.75) is 52.7 Å². The van der Waals surface area contributed by atoms with Gasteiger partial charge in [0.2, 0.25) is 0 Å². The molecule has 0 radical (unpaired) electrons. The molecule has 0 atom stereocenters. The van der Waals surface area contributed by atoms with E-state index < -0.39 is 0 Å². The number of hydrogen-bond acceptors (Lipinski definition) is 3. The van der Waals surface area contributed by atoms with Gasteiger partial charge in [0.1, 0.15) is 5.75 Å². The lowest BCUT2D eigenvalue weighted by atomic mass is 9.86. The Bertz CT molecular complexity index is 457. The second kappa shape index (κ2) is 6.80. The van der Waals surface area contributed by atoms with Gasteiger partial charge in [-0.25, -0.2) is 0 Å². The van der Waals surface area contributed by atoms with Gasteiger partial charge in [0.05, 0.1) is 6.10 Å². The van der Waals surface area contributed by atoms with E-state index in [0.717, 1.165) is 38.5 Å². The van der Waals surface area contributed by atoms with Crippen LogP contribution in [0.2, 0.25) is 0 Å². The molecule has 1 saturated heterocycles. The summed E-state index contributed by atoms with van der Waals surface area (Å²) in [6.07, 6.45) is 0.215. The Balaban J connectivity index is 2.24. The monoisotopic (exact) mass is 290 g/mol. The number of benzene rings is 1. The van der Waals surface area contributed by atoms with E-state index in [4.69, 9.17) is 4.74 Å². The van der Waals surface area contributed by atoms with Crippen LogP contribution >= 0.6 is 0 Å². The lowest BCUT2D eigenvalue weighted by molar-refractivity contribution is 0.214. The van der Waals surface area contributed by atoms with Crippen molar-refractivity contribution in [1.82, 2.24) is 10.2 Å². The van der Waals surface area contributed by atoms with Crippen molar-refractivity contribution < 1.29 is 4.74 Å². The van der Waals surface area contributed by atoms with E-state index in [1.807, 2.05) is 0 Å². The van der Waals surface area contributed by atoms with Gasteiger partial charge in [0, 0.05) is 38.3 Å². The Morgan fingerprint density at radius 2 is 1.86 bits per heavy atom. The third-order valence-electron chi connectivity index (χ3n) is 3.89. The third kappa shape index (κ3) is 4.72. The highest BCUT2D eigenvalue weighted by atomic mass is 16.5. The zero-order chi connectivity index (χ0) is 15.5. The molecular weight excluding hydrogens is 260 g/mol. The van der Waals surface area contributed by atoms with E-state index in [1.54, 1.807) is 0 Å². The normalized spacial score (nSPS) is 17.2. The summed E-state index contributed by atoms with van der Waals surface area (Å²) < 4.78 is 6.01. The van der Waals surface area contributed by atoms with Crippen molar-refractivity contribution in [1.29, 1.82) is 0 Å². The molecule has 21 heavy (non-hydrogen) atoms. The Hall–Kier alpha value is -1.06. The Morgan fingerprint density at radius 1 is 1.19 bits per heavy atom. The number of ether oxygens (including phenoxy) is 1. The van der Waals surface area contributed by atoms with Crippen molar-refractivity contribution in [2.75, 3.05) is 26.2 Å². The molecule has 1 aromatic rings. The van der Waals surface area contributed by atoms with Gasteiger partial charge in [-0.1, -0.05) is 32.9 Å². The summed E-state index contributed by atoms with van der Waals surface area (Å²) in [5.41, 5.74) is 2.87. The number of nitrogens with one attached hydrogen (secondary N) is 1. The number of hydrogen-bond donors (Lipinski definition) is 1. The first kappa shape index (κ1) is 16.3. The summed E-state index contributed by atoms with van der Waals surface area (Å²) in [4.78, 5) is 2.51. The maximum absolute atomic E-state index is 6.01. The van der Waals surface area contributed by atoms with Crippen LogP contribution in [0.3, 0.4) is 0 Å². The first-order valence-corrected chi connectivity index (χ1v) is 8.09. The van der Waals surface area contributed by atoms with Crippen LogP contribution in [-0.2, 0) is 12.0 Å². The fourth-order valence-electron chi connectivity index (χ4n) is 2.65. The largest absolute Gasteiger partial charge is 0.491 e. The summed E-state index contributed by atoms with van der Waals surface area (Å²) in [6.45, 7) is 16.3. The van der Waals surface area contributed by atoms with Crippen LogP contribution in [0.1, 0.15) is 45.7 Å². The fraction of sp³-hybridized carbons (Fsp3) is 0.667. The lowest BCUT2D eigenvalue weighted by Gasteiger charge is -2.29. The van der Waals surface area contributed by atoms with Crippen LogP contribution < -0.4 is 10.1 Å². The Labute approximate surface area is 129 Å². The molecule has 1 aromatic carbocycles. The van der Waals surface area contributed by atoms with Crippen molar-refractivity contribution in [3.8, 4) is 5.75 Å². The second-order valence-electron chi connectivity index (χ2n) is 7.27. The molecule has 118 valence electrons. The maximum atomic E-state index is 6.01. The quantitative estimate of drug-likeness (QED) is 0.922. The van der Waals surface area contributed by atoms with Gasteiger partial charge in [-0.05, 0) is 30.9 Å². The van der Waals surface area contributed by atoms with E-state index in [9.17, 15) is 0 Å². The summed E-state index contributed by atoms with van der Waals surface area (Å²) >= 11 is 0. The van der Waals surface area contributed by atoms with Crippen molar-refractivity contribution >= 4 is 0 Å². The molecule has 0 amide bonds. The standard InChI is InChI=1S/C18H30N2O/c1-14(2)21-17-7-6-16(18(3,4)5)12-15(17)13-20-10-8-19-9-11-20/h6-7,12,14,19H,8-11,13H2,1-5H3. The highest BCUT2D eigenvalue weighted by Gasteiger charge is 2.18. The van der Waals surface area contributed by atoms with E-state index in [0.29, 0.717) is 0 Å². The molecule has 1 fully saturated rings. The minimum Gasteiger partial charge on any atom is -0.491 e. The molecular formula is C18H30N2O. The average Bonchev–Trinajstić information content (AvgIpc) is 2.40. The molecule has 3 nitrogen and oxygen atoms in total. The molecule has 3 heteroatoms.